The highest BCUT2D eigenvalue weighted by Crippen LogP contribution is 2.26. The third-order valence-corrected chi connectivity index (χ3v) is 9.30. The zero-order chi connectivity index (χ0) is 37.2. The summed E-state index contributed by atoms with van der Waals surface area (Å²) in [7, 11) is -5.11. The average Bonchev–Trinajstić information content (AvgIpc) is 3.08. The molecule has 0 aromatic rings. The molecule has 50 heavy (non-hydrogen) atoms. The summed E-state index contributed by atoms with van der Waals surface area (Å²) >= 11 is 0. The van der Waals surface area contributed by atoms with Gasteiger partial charge in [-0.3, -0.25) is 9.35 Å². The van der Waals surface area contributed by atoms with Gasteiger partial charge in [0.1, 0.15) is 30.5 Å². The number of unbranched alkanes of at least 4 members (excludes halogenated alkanes) is 15. The Hall–Kier alpha value is -1.46. The van der Waals surface area contributed by atoms with Crippen LogP contribution >= 0.6 is 0 Å². The van der Waals surface area contributed by atoms with Gasteiger partial charge in [-0.1, -0.05) is 122 Å². The maximum absolute atomic E-state index is 13.0. The average molecular weight is 738 g/mol. The summed E-state index contributed by atoms with van der Waals surface area (Å²) in [5, 5.41) is 54.7. The Labute approximate surface area is 300 Å². The van der Waals surface area contributed by atoms with E-state index in [9.17, 15) is 38.7 Å². The molecule has 0 radical (unpaired) electrons. The predicted octanol–water partition coefficient (Wildman–Crippen LogP) is 4.40. The van der Waals surface area contributed by atoms with Gasteiger partial charge in [-0.25, -0.2) is 4.18 Å². The molecule has 1 rings (SSSR count). The van der Waals surface area contributed by atoms with Crippen molar-refractivity contribution in [1.82, 2.24) is 5.32 Å². The van der Waals surface area contributed by atoms with E-state index in [1.807, 2.05) is 0 Å². The van der Waals surface area contributed by atoms with Crippen LogP contribution in [-0.4, -0.2) is 107 Å². The van der Waals surface area contributed by atoms with Crippen molar-refractivity contribution in [1.29, 1.82) is 0 Å². The number of aliphatic hydroxyl groups is 5. The highest BCUT2D eigenvalue weighted by atomic mass is 32.3. The van der Waals surface area contributed by atoms with Gasteiger partial charge in [-0.2, -0.15) is 8.42 Å². The van der Waals surface area contributed by atoms with E-state index in [-0.39, 0.29) is 6.42 Å². The van der Waals surface area contributed by atoms with E-state index in [2.05, 4.69) is 35.5 Å². The number of rotatable bonds is 30. The van der Waals surface area contributed by atoms with Crippen molar-refractivity contribution in [2.45, 2.75) is 185 Å². The molecule has 0 aromatic heterocycles. The molecule has 1 aliphatic heterocycles. The Morgan fingerprint density at radius 2 is 1.34 bits per heavy atom. The minimum Gasteiger partial charge on any atom is -0.394 e. The van der Waals surface area contributed by atoms with Crippen molar-refractivity contribution in [2.75, 3.05) is 13.2 Å². The molecule has 1 saturated heterocycles. The second-order valence-electron chi connectivity index (χ2n) is 13.3. The highest BCUT2D eigenvalue weighted by Gasteiger charge is 2.48. The molecule has 0 spiro atoms. The van der Waals surface area contributed by atoms with Crippen LogP contribution in [0.4, 0.5) is 0 Å². The molecule has 8 unspecified atom stereocenters. The minimum absolute atomic E-state index is 0.228. The fraction of sp³-hybridized carbons (Fsp3) is 0.861. The SMILES string of the molecule is CCCC/C=C\CCCCCCC(O)C(=O)NC(COC1OC(CO)C(O)C(OS(=O)(=O)O)C1O)C(O)/C=C/CCCCCCCCCCC. The Bertz CT molecular complexity index is 1030. The van der Waals surface area contributed by atoms with Crippen LogP contribution in [0.25, 0.3) is 0 Å². The number of ether oxygens (including phenoxy) is 2. The van der Waals surface area contributed by atoms with Crippen molar-refractivity contribution < 1.29 is 57.0 Å². The van der Waals surface area contributed by atoms with E-state index >= 15 is 0 Å². The third-order valence-electron chi connectivity index (χ3n) is 8.83. The van der Waals surface area contributed by atoms with Gasteiger partial charge in [0.15, 0.2) is 6.29 Å². The standard InChI is InChI=1S/C36H67NO12S/c1-3-5-7-9-11-13-15-17-18-20-22-24-29(39)28(37-35(43)30(40)25-23-21-19-16-14-12-10-8-6-4-2)27-47-36-33(42)34(49-50(44,45)46)32(41)31(26-38)48-36/h10,12,22,24,28-34,36,38-42H,3-9,11,13-21,23,25-27H2,1-2H3,(H,37,43)(H,44,45,46)/b12-10-,24-22+. The van der Waals surface area contributed by atoms with E-state index < -0.39 is 78.5 Å². The Kier molecular flexibility index (Phi) is 26.2. The van der Waals surface area contributed by atoms with Crippen molar-refractivity contribution >= 4 is 16.3 Å². The summed E-state index contributed by atoms with van der Waals surface area (Å²) < 4.78 is 47.2. The first kappa shape index (κ1) is 46.6. The van der Waals surface area contributed by atoms with Crippen molar-refractivity contribution in [2.24, 2.45) is 0 Å². The van der Waals surface area contributed by atoms with Crippen LogP contribution in [0, 0.1) is 0 Å². The van der Waals surface area contributed by atoms with Crippen LogP contribution in [0.1, 0.15) is 136 Å². The van der Waals surface area contributed by atoms with Gasteiger partial charge < -0.3 is 40.3 Å². The fourth-order valence-electron chi connectivity index (χ4n) is 5.73. The molecule has 0 aromatic carbocycles. The zero-order valence-corrected chi connectivity index (χ0v) is 31.1. The van der Waals surface area contributed by atoms with E-state index in [1.165, 1.54) is 57.4 Å². The van der Waals surface area contributed by atoms with Gasteiger partial charge in [0.25, 0.3) is 0 Å². The lowest BCUT2D eigenvalue weighted by Gasteiger charge is -2.41. The Balaban J connectivity index is 2.75. The van der Waals surface area contributed by atoms with Crippen molar-refractivity contribution in [3.8, 4) is 0 Å². The summed E-state index contributed by atoms with van der Waals surface area (Å²) in [6.45, 7) is 3.09. The first-order valence-corrected chi connectivity index (χ1v) is 20.2. The second-order valence-corrected chi connectivity index (χ2v) is 14.3. The lowest BCUT2D eigenvalue weighted by atomic mass is 9.99. The summed E-state index contributed by atoms with van der Waals surface area (Å²) in [6.07, 6.45) is 15.8. The molecule has 1 heterocycles. The number of amides is 1. The molecule has 1 fully saturated rings. The third kappa shape index (κ3) is 21.2. The monoisotopic (exact) mass is 737 g/mol. The highest BCUT2D eigenvalue weighted by molar-refractivity contribution is 7.80. The summed E-state index contributed by atoms with van der Waals surface area (Å²) in [4.78, 5) is 13.0. The lowest BCUT2D eigenvalue weighted by molar-refractivity contribution is -0.298. The number of carbonyl (C=O) groups is 1. The van der Waals surface area contributed by atoms with E-state index in [4.69, 9.17) is 14.0 Å². The molecule has 14 heteroatoms. The van der Waals surface area contributed by atoms with Gasteiger partial charge in [0.05, 0.1) is 25.4 Å². The fourth-order valence-corrected chi connectivity index (χ4v) is 6.24. The van der Waals surface area contributed by atoms with Crippen LogP contribution in [-0.2, 0) is 28.9 Å². The molecular weight excluding hydrogens is 670 g/mol. The van der Waals surface area contributed by atoms with Gasteiger partial charge in [-0.15, -0.1) is 0 Å². The van der Waals surface area contributed by atoms with Crippen LogP contribution in [0.15, 0.2) is 24.3 Å². The number of nitrogens with one attached hydrogen (secondary N) is 1. The normalized spacial score (nSPS) is 23.4. The van der Waals surface area contributed by atoms with Gasteiger partial charge in [0.2, 0.25) is 5.91 Å². The number of allylic oxidation sites excluding steroid dienone is 3. The maximum Gasteiger partial charge on any atom is 0.397 e. The van der Waals surface area contributed by atoms with E-state index in [0.29, 0.717) is 12.8 Å². The summed E-state index contributed by atoms with van der Waals surface area (Å²) in [5.41, 5.74) is 0. The summed E-state index contributed by atoms with van der Waals surface area (Å²) in [6, 6.07) is -1.12. The van der Waals surface area contributed by atoms with Crippen LogP contribution in [0.5, 0.6) is 0 Å². The Morgan fingerprint density at radius 1 is 0.800 bits per heavy atom. The molecule has 13 nitrogen and oxygen atoms in total. The van der Waals surface area contributed by atoms with Gasteiger partial charge in [-0.05, 0) is 38.5 Å². The van der Waals surface area contributed by atoms with Gasteiger partial charge in [0, 0.05) is 0 Å². The largest absolute Gasteiger partial charge is 0.397 e. The van der Waals surface area contributed by atoms with Crippen molar-refractivity contribution in [3.63, 3.8) is 0 Å². The minimum atomic E-state index is -5.11. The molecule has 8 atom stereocenters. The van der Waals surface area contributed by atoms with Crippen LogP contribution in [0.2, 0.25) is 0 Å². The van der Waals surface area contributed by atoms with Crippen LogP contribution in [0.3, 0.4) is 0 Å². The quantitative estimate of drug-likeness (QED) is 0.0311. The molecule has 0 saturated carbocycles. The molecule has 0 aliphatic carbocycles. The van der Waals surface area contributed by atoms with Crippen molar-refractivity contribution in [3.05, 3.63) is 24.3 Å². The van der Waals surface area contributed by atoms with Crippen LogP contribution < -0.4 is 5.32 Å². The molecule has 7 N–H and O–H groups in total. The molecule has 0 bridgehead atoms. The first-order valence-electron chi connectivity index (χ1n) is 18.8. The first-order chi connectivity index (χ1) is 23.9. The van der Waals surface area contributed by atoms with E-state index in [0.717, 1.165) is 51.4 Å². The van der Waals surface area contributed by atoms with Gasteiger partial charge >= 0.3 is 10.4 Å². The molecule has 1 aliphatic rings. The number of hydrogen-bond acceptors (Lipinski definition) is 11. The number of hydrogen-bond donors (Lipinski definition) is 7. The topological polar surface area (TPSA) is 212 Å². The Morgan fingerprint density at radius 3 is 1.92 bits per heavy atom. The second kappa shape index (κ2) is 28.1. The molecule has 294 valence electrons. The van der Waals surface area contributed by atoms with E-state index in [1.54, 1.807) is 6.08 Å². The molecular formula is C36H67NO12S. The smallest absolute Gasteiger partial charge is 0.394 e. The number of aliphatic hydroxyl groups excluding tert-OH is 5. The molecule has 1 amide bonds. The lowest BCUT2D eigenvalue weighted by Crippen LogP contribution is -2.61. The predicted molar refractivity (Wildman–Crippen MR) is 191 cm³/mol. The number of carbonyl (C=O) groups excluding carboxylic acids is 1. The summed E-state index contributed by atoms with van der Waals surface area (Å²) in [5.74, 6) is -0.717. The zero-order valence-electron chi connectivity index (χ0n) is 30.3. The maximum atomic E-state index is 13.0.